The normalized spacial score (nSPS) is 16.8. The van der Waals surface area contributed by atoms with E-state index in [1.165, 1.54) is 22.8 Å². The lowest BCUT2D eigenvalue weighted by atomic mass is 10.1. The number of thioether (sulfide) groups is 1. The third-order valence-corrected chi connectivity index (χ3v) is 6.62. The maximum absolute atomic E-state index is 12.7. The molecule has 33 heavy (non-hydrogen) atoms. The van der Waals surface area contributed by atoms with Crippen LogP contribution >= 0.6 is 11.8 Å². The number of hydrazone groups is 1. The number of nitrogens with zero attached hydrogens (tertiary/aromatic N) is 5. The molecule has 1 N–H and O–H groups in total. The number of carbonyl (C=O) groups excluding carboxylic acids is 1. The minimum absolute atomic E-state index is 0.000307. The van der Waals surface area contributed by atoms with Gasteiger partial charge in [-0.25, -0.2) is 0 Å². The van der Waals surface area contributed by atoms with Crippen LogP contribution < -0.4 is 0 Å². The second kappa shape index (κ2) is 8.78. The number of unbranched alkanes of at least 4 members (excludes halogenated alkanes) is 1. The molecule has 10 heteroatoms. The van der Waals surface area contributed by atoms with Crippen molar-refractivity contribution in [2.75, 3.05) is 0 Å². The van der Waals surface area contributed by atoms with Crippen LogP contribution in [0.2, 0.25) is 0 Å². The van der Waals surface area contributed by atoms with Gasteiger partial charge in [-0.3, -0.25) is 20.3 Å². The van der Waals surface area contributed by atoms with Crippen LogP contribution in [0.5, 0.6) is 0 Å². The molecule has 3 heterocycles. The predicted molar refractivity (Wildman–Crippen MR) is 131 cm³/mol. The van der Waals surface area contributed by atoms with Crippen molar-refractivity contribution in [2.45, 2.75) is 47.0 Å². The van der Waals surface area contributed by atoms with E-state index in [-0.39, 0.29) is 17.1 Å². The number of hydrogen-bond acceptors (Lipinski definition) is 6. The van der Waals surface area contributed by atoms with Crippen molar-refractivity contribution in [2.24, 2.45) is 10.1 Å². The van der Waals surface area contributed by atoms with E-state index in [1.807, 2.05) is 31.4 Å². The minimum Gasteiger partial charge on any atom is -0.317 e. The summed E-state index contributed by atoms with van der Waals surface area (Å²) in [6.45, 7) is 7.78. The van der Waals surface area contributed by atoms with Crippen LogP contribution in [0.15, 0.2) is 39.9 Å². The minimum atomic E-state index is -0.470. The first-order chi connectivity index (χ1) is 15.7. The van der Waals surface area contributed by atoms with Crippen molar-refractivity contribution in [1.82, 2.24) is 9.58 Å². The van der Waals surface area contributed by atoms with Gasteiger partial charge in [-0.2, -0.15) is 15.1 Å². The summed E-state index contributed by atoms with van der Waals surface area (Å²) in [6, 6.07) is 6.65. The van der Waals surface area contributed by atoms with E-state index in [1.54, 1.807) is 18.2 Å². The number of rotatable bonds is 6. The van der Waals surface area contributed by atoms with Gasteiger partial charge >= 0.3 is 0 Å². The van der Waals surface area contributed by atoms with Gasteiger partial charge in [-0.15, -0.1) is 0 Å². The van der Waals surface area contributed by atoms with E-state index < -0.39 is 10.8 Å². The van der Waals surface area contributed by atoms with Gasteiger partial charge in [0.05, 0.1) is 16.2 Å². The average molecular weight is 465 g/mol. The molecule has 2 aromatic rings. The molecule has 170 valence electrons. The molecule has 0 saturated carbocycles. The highest BCUT2D eigenvalue weighted by Gasteiger charge is 2.35. The Kier molecular flexibility index (Phi) is 6.03. The van der Waals surface area contributed by atoms with Crippen molar-refractivity contribution in [3.8, 4) is 5.69 Å². The van der Waals surface area contributed by atoms with Gasteiger partial charge in [0, 0.05) is 23.5 Å². The van der Waals surface area contributed by atoms with Gasteiger partial charge in [0.2, 0.25) is 5.17 Å². The average Bonchev–Trinajstić information content (AvgIpc) is 3.30. The van der Waals surface area contributed by atoms with Gasteiger partial charge in [0.1, 0.15) is 5.04 Å². The maximum atomic E-state index is 12.7. The molecule has 4 rings (SSSR count). The fraction of sp³-hybridized carbons (Fsp3) is 0.304. The number of nitrogens with one attached hydrogen (secondary N) is 1. The van der Waals surface area contributed by atoms with Crippen molar-refractivity contribution in [3.63, 3.8) is 0 Å². The third-order valence-electron chi connectivity index (χ3n) is 5.66. The standard InChI is InChI=1S/C23H24N6O3S/c1-5-6-7-20-26-28-21(24)18(22(30)25-23(28)33-20)11-16-10-14(3)27(15(16)4)19-12-17(29(31)32)9-8-13(19)2/h8-12,24H,5-7H2,1-4H3/b18-11-,24-21?. The summed E-state index contributed by atoms with van der Waals surface area (Å²) in [7, 11) is 0. The SMILES string of the molecule is CCCCC1=NN2C(=N)/C(=C/c3cc(C)n(-c4cc([N+](=O)[O-])ccc4C)c3C)C(=O)N=C2S1. The van der Waals surface area contributed by atoms with Gasteiger partial charge in [-0.1, -0.05) is 19.4 Å². The zero-order valence-electron chi connectivity index (χ0n) is 18.9. The molecular formula is C23H24N6O3S. The predicted octanol–water partition coefficient (Wildman–Crippen LogP) is 5.12. The van der Waals surface area contributed by atoms with Crippen molar-refractivity contribution in [1.29, 1.82) is 5.41 Å². The topological polar surface area (TPSA) is 117 Å². The van der Waals surface area contributed by atoms with Gasteiger partial charge < -0.3 is 4.57 Å². The molecule has 0 bridgehead atoms. The number of amides is 1. The first-order valence-electron chi connectivity index (χ1n) is 10.6. The number of non-ortho nitro benzene ring substituents is 1. The molecule has 1 amide bonds. The Balaban J connectivity index is 1.73. The van der Waals surface area contributed by atoms with Crippen molar-refractivity contribution >= 4 is 45.5 Å². The van der Waals surface area contributed by atoms with Crippen LogP contribution in [0, 0.1) is 36.3 Å². The van der Waals surface area contributed by atoms with Gasteiger partial charge in [0.25, 0.3) is 11.6 Å². The van der Waals surface area contributed by atoms with Crippen LogP contribution in [0.4, 0.5) is 5.69 Å². The van der Waals surface area contributed by atoms with E-state index in [9.17, 15) is 14.9 Å². The Bertz CT molecular complexity index is 1290. The summed E-state index contributed by atoms with van der Waals surface area (Å²) < 4.78 is 1.92. The quantitative estimate of drug-likeness (QED) is 0.362. The zero-order valence-corrected chi connectivity index (χ0v) is 19.7. The number of hydrogen-bond donors (Lipinski definition) is 1. The van der Waals surface area contributed by atoms with Crippen molar-refractivity contribution < 1.29 is 9.72 Å². The summed E-state index contributed by atoms with van der Waals surface area (Å²) in [6.07, 6.45) is 4.47. The molecule has 0 unspecified atom stereocenters. The summed E-state index contributed by atoms with van der Waals surface area (Å²) in [4.78, 5) is 27.8. The van der Waals surface area contributed by atoms with Crippen LogP contribution in [0.25, 0.3) is 11.8 Å². The number of nitro groups is 1. The molecule has 0 atom stereocenters. The number of aryl methyl sites for hydroxylation is 2. The second-order valence-corrected chi connectivity index (χ2v) is 9.05. The maximum Gasteiger partial charge on any atom is 0.283 e. The number of aromatic nitrogens is 1. The number of nitro benzene ring substituents is 1. The highest BCUT2D eigenvalue weighted by molar-refractivity contribution is 8.26. The summed E-state index contributed by atoms with van der Waals surface area (Å²) in [5, 5.41) is 27.0. The molecule has 0 spiro atoms. The Morgan fingerprint density at radius 3 is 2.70 bits per heavy atom. The first kappa shape index (κ1) is 22.7. The fourth-order valence-corrected chi connectivity index (χ4v) is 4.80. The molecule has 0 fully saturated rings. The number of amidine groups is 2. The number of aliphatic imine (C=N–C) groups is 1. The Morgan fingerprint density at radius 2 is 2.00 bits per heavy atom. The van der Waals surface area contributed by atoms with E-state index in [2.05, 4.69) is 17.0 Å². The molecule has 0 aliphatic carbocycles. The number of benzene rings is 1. The molecule has 1 aromatic heterocycles. The fourth-order valence-electron chi connectivity index (χ4n) is 3.87. The lowest BCUT2D eigenvalue weighted by molar-refractivity contribution is -0.384. The van der Waals surface area contributed by atoms with Crippen LogP contribution in [-0.4, -0.2) is 36.5 Å². The largest absolute Gasteiger partial charge is 0.317 e. The molecule has 1 aromatic carbocycles. The monoisotopic (exact) mass is 464 g/mol. The zero-order chi connectivity index (χ0) is 23.9. The van der Waals surface area contributed by atoms with E-state index in [0.29, 0.717) is 10.9 Å². The second-order valence-electron chi connectivity index (χ2n) is 8.01. The van der Waals surface area contributed by atoms with E-state index in [0.717, 1.165) is 46.8 Å². The smallest absolute Gasteiger partial charge is 0.283 e. The van der Waals surface area contributed by atoms with Gasteiger partial charge in [0.15, 0.2) is 5.84 Å². The van der Waals surface area contributed by atoms with Crippen LogP contribution in [0.1, 0.15) is 48.7 Å². The summed E-state index contributed by atoms with van der Waals surface area (Å²) in [5.41, 5.74) is 4.18. The lowest BCUT2D eigenvalue weighted by Crippen LogP contribution is -2.35. The first-order valence-corrected chi connectivity index (χ1v) is 11.5. The molecule has 0 radical (unpaired) electrons. The van der Waals surface area contributed by atoms with E-state index in [4.69, 9.17) is 5.41 Å². The highest BCUT2D eigenvalue weighted by Crippen LogP contribution is 2.32. The lowest BCUT2D eigenvalue weighted by Gasteiger charge is -2.20. The van der Waals surface area contributed by atoms with Crippen LogP contribution in [0.3, 0.4) is 0 Å². The number of carbonyl (C=O) groups is 1. The Hall–Kier alpha value is -3.53. The Labute approximate surface area is 195 Å². The summed E-state index contributed by atoms with van der Waals surface area (Å²) in [5.74, 6) is -0.470. The molecule has 0 saturated heterocycles. The highest BCUT2D eigenvalue weighted by atomic mass is 32.2. The summed E-state index contributed by atoms with van der Waals surface area (Å²) >= 11 is 1.34. The van der Waals surface area contributed by atoms with Crippen molar-refractivity contribution in [3.05, 3.63) is 62.5 Å². The molecule has 2 aliphatic rings. The third kappa shape index (κ3) is 4.13. The number of fused-ring (bicyclic) bond motifs is 1. The molecular weight excluding hydrogens is 440 g/mol. The Morgan fingerprint density at radius 1 is 1.24 bits per heavy atom. The molecule has 9 nitrogen and oxygen atoms in total. The van der Waals surface area contributed by atoms with Crippen LogP contribution in [-0.2, 0) is 4.79 Å². The molecule has 2 aliphatic heterocycles. The van der Waals surface area contributed by atoms with Gasteiger partial charge in [-0.05, 0) is 68.6 Å². The van der Waals surface area contributed by atoms with E-state index >= 15 is 0 Å².